The van der Waals surface area contributed by atoms with Crippen molar-refractivity contribution < 1.29 is 19.8 Å². The monoisotopic (exact) mass is 276 g/mol. The van der Waals surface area contributed by atoms with E-state index in [1.165, 1.54) is 5.56 Å². The van der Waals surface area contributed by atoms with E-state index in [0.717, 1.165) is 19.3 Å². The maximum absolute atomic E-state index is 11.2. The molecule has 1 aromatic rings. The normalized spacial score (nSPS) is 22.2. The molecule has 3 unspecified atom stereocenters. The number of hydrogen-bond acceptors (Lipinski definition) is 2. The van der Waals surface area contributed by atoms with Crippen LogP contribution < -0.4 is 0 Å². The number of aliphatic carboxylic acids is 2. The Kier molecular flexibility index (Phi) is 4.77. The van der Waals surface area contributed by atoms with E-state index in [2.05, 4.69) is 12.1 Å². The van der Waals surface area contributed by atoms with Crippen LogP contribution in [0.1, 0.15) is 31.2 Å². The van der Waals surface area contributed by atoms with Gasteiger partial charge in [-0.25, -0.2) is 0 Å². The minimum absolute atomic E-state index is 0.165. The zero-order valence-electron chi connectivity index (χ0n) is 11.4. The van der Waals surface area contributed by atoms with Gasteiger partial charge in [-0.3, -0.25) is 9.59 Å². The lowest BCUT2D eigenvalue weighted by Gasteiger charge is -2.11. The quantitative estimate of drug-likeness (QED) is 0.716. The Morgan fingerprint density at radius 3 is 2.40 bits per heavy atom. The van der Waals surface area contributed by atoms with Crippen molar-refractivity contribution in [2.45, 2.75) is 32.1 Å². The lowest BCUT2D eigenvalue weighted by molar-refractivity contribution is -0.143. The zero-order chi connectivity index (χ0) is 14.5. The van der Waals surface area contributed by atoms with Crippen LogP contribution in [0.5, 0.6) is 0 Å². The predicted octanol–water partition coefficient (Wildman–Crippen LogP) is 2.82. The molecule has 0 amide bonds. The summed E-state index contributed by atoms with van der Waals surface area (Å²) >= 11 is 0. The number of rotatable bonds is 8. The minimum atomic E-state index is -0.856. The minimum Gasteiger partial charge on any atom is -0.481 e. The Hall–Kier alpha value is -1.84. The second-order valence-electron chi connectivity index (χ2n) is 5.52. The summed E-state index contributed by atoms with van der Waals surface area (Å²) in [5.41, 5.74) is 1.26. The Morgan fingerprint density at radius 1 is 1.15 bits per heavy atom. The van der Waals surface area contributed by atoms with Crippen molar-refractivity contribution in [3.05, 3.63) is 35.9 Å². The molecule has 0 heterocycles. The standard InChI is InChI=1S/C16H20O4/c17-15(18)12(13-10-14(13)16(19)20)9-5-4-8-11-6-2-1-3-7-11/h1-3,6-7,12-14H,4-5,8-10H2,(H,17,18)(H,19,20). The molecule has 0 aliphatic heterocycles. The Morgan fingerprint density at radius 2 is 1.85 bits per heavy atom. The van der Waals surface area contributed by atoms with E-state index in [-0.39, 0.29) is 5.92 Å². The lowest BCUT2D eigenvalue weighted by Crippen LogP contribution is -2.18. The highest BCUT2D eigenvalue weighted by molar-refractivity contribution is 5.77. The fourth-order valence-electron chi connectivity index (χ4n) is 2.80. The molecular weight excluding hydrogens is 256 g/mol. The summed E-state index contributed by atoms with van der Waals surface area (Å²) in [6.07, 6.45) is 3.81. The van der Waals surface area contributed by atoms with Gasteiger partial charge in [0.25, 0.3) is 0 Å². The largest absolute Gasteiger partial charge is 0.481 e. The van der Waals surface area contributed by atoms with Gasteiger partial charge >= 0.3 is 11.9 Å². The molecule has 1 aliphatic rings. The molecule has 4 heteroatoms. The molecule has 0 radical (unpaired) electrons. The van der Waals surface area contributed by atoms with E-state index in [9.17, 15) is 14.7 Å². The first-order valence-electron chi connectivity index (χ1n) is 7.09. The summed E-state index contributed by atoms with van der Waals surface area (Å²) < 4.78 is 0. The topological polar surface area (TPSA) is 74.6 Å². The summed E-state index contributed by atoms with van der Waals surface area (Å²) in [5.74, 6) is -2.80. The lowest BCUT2D eigenvalue weighted by atomic mass is 9.94. The van der Waals surface area contributed by atoms with Gasteiger partial charge in [-0.1, -0.05) is 36.8 Å². The summed E-state index contributed by atoms with van der Waals surface area (Å²) in [7, 11) is 0. The molecule has 1 aliphatic carbocycles. The van der Waals surface area contributed by atoms with Crippen molar-refractivity contribution >= 4 is 11.9 Å². The van der Waals surface area contributed by atoms with Crippen molar-refractivity contribution in [3.8, 4) is 0 Å². The van der Waals surface area contributed by atoms with Crippen molar-refractivity contribution in [1.29, 1.82) is 0 Å². The molecule has 108 valence electrons. The molecular formula is C16H20O4. The maximum atomic E-state index is 11.2. The first-order chi connectivity index (χ1) is 9.59. The van der Waals surface area contributed by atoms with Crippen molar-refractivity contribution in [2.75, 3.05) is 0 Å². The molecule has 1 aromatic carbocycles. The van der Waals surface area contributed by atoms with Crippen molar-refractivity contribution in [1.82, 2.24) is 0 Å². The number of carboxylic acids is 2. The van der Waals surface area contributed by atoms with Gasteiger partial charge < -0.3 is 10.2 Å². The SMILES string of the molecule is O=C(O)C(CCCCc1ccccc1)C1CC1C(=O)O. The van der Waals surface area contributed by atoms with Crippen molar-refractivity contribution in [3.63, 3.8) is 0 Å². The number of carboxylic acid groups (broad SMARTS) is 2. The predicted molar refractivity (Wildman–Crippen MR) is 74.4 cm³/mol. The zero-order valence-corrected chi connectivity index (χ0v) is 11.4. The Bertz CT molecular complexity index is 469. The third kappa shape index (κ3) is 3.83. The molecule has 1 saturated carbocycles. The van der Waals surface area contributed by atoms with E-state index in [0.29, 0.717) is 12.8 Å². The highest BCUT2D eigenvalue weighted by Crippen LogP contribution is 2.46. The van der Waals surface area contributed by atoms with Gasteiger partial charge in [-0.15, -0.1) is 0 Å². The second kappa shape index (κ2) is 6.55. The van der Waals surface area contributed by atoms with E-state index in [1.807, 2.05) is 18.2 Å². The van der Waals surface area contributed by atoms with Gasteiger partial charge in [0.1, 0.15) is 0 Å². The van der Waals surface area contributed by atoms with Gasteiger partial charge in [-0.2, -0.15) is 0 Å². The van der Waals surface area contributed by atoms with Crippen LogP contribution in [-0.4, -0.2) is 22.2 Å². The fraction of sp³-hybridized carbons (Fsp3) is 0.500. The van der Waals surface area contributed by atoms with Crippen LogP contribution in [0.25, 0.3) is 0 Å². The van der Waals surface area contributed by atoms with E-state index in [1.54, 1.807) is 0 Å². The van der Waals surface area contributed by atoms with E-state index >= 15 is 0 Å². The molecule has 0 saturated heterocycles. The average Bonchev–Trinajstić information content (AvgIpc) is 3.19. The number of unbranched alkanes of at least 4 members (excludes halogenated alkanes) is 1. The van der Waals surface area contributed by atoms with Gasteiger partial charge in [0.2, 0.25) is 0 Å². The van der Waals surface area contributed by atoms with Crippen LogP contribution in [-0.2, 0) is 16.0 Å². The molecule has 4 nitrogen and oxygen atoms in total. The average molecular weight is 276 g/mol. The first kappa shape index (κ1) is 14.6. The Balaban J connectivity index is 1.74. The van der Waals surface area contributed by atoms with Gasteiger partial charge in [-0.05, 0) is 37.2 Å². The summed E-state index contributed by atoms with van der Waals surface area (Å²) in [4.78, 5) is 22.0. The number of aryl methyl sites for hydroxylation is 1. The molecule has 0 aromatic heterocycles. The molecule has 0 spiro atoms. The molecule has 1 fully saturated rings. The summed E-state index contributed by atoms with van der Waals surface area (Å²) in [5, 5.41) is 18.1. The maximum Gasteiger partial charge on any atom is 0.306 e. The molecule has 2 rings (SSSR count). The third-order valence-electron chi connectivity index (χ3n) is 4.06. The van der Waals surface area contributed by atoms with E-state index < -0.39 is 23.8 Å². The van der Waals surface area contributed by atoms with Gasteiger partial charge in [0.05, 0.1) is 11.8 Å². The molecule has 2 N–H and O–H groups in total. The van der Waals surface area contributed by atoms with Crippen LogP contribution in [0.4, 0.5) is 0 Å². The molecule has 3 atom stereocenters. The first-order valence-corrected chi connectivity index (χ1v) is 7.09. The highest BCUT2D eigenvalue weighted by atomic mass is 16.4. The van der Waals surface area contributed by atoms with Gasteiger partial charge in [0.15, 0.2) is 0 Å². The third-order valence-corrected chi connectivity index (χ3v) is 4.06. The molecule has 0 bridgehead atoms. The van der Waals surface area contributed by atoms with Crippen LogP contribution >= 0.6 is 0 Å². The van der Waals surface area contributed by atoms with Gasteiger partial charge in [0, 0.05) is 0 Å². The van der Waals surface area contributed by atoms with Crippen LogP contribution in [0.2, 0.25) is 0 Å². The highest BCUT2D eigenvalue weighted by Gasteiger charge is 2.50. The smallest absolute Gasteiger partial charge is 0.306 e. The van der Waals surface area contributed by atoms with Crippen molar-refractivity contribution in [2.24, 2.45) is 17.8 Å². The molecule has 20 heavy (non-hydrogen) atoms. The Labute approximate surface area is 118 Å². The van der Waals surface area contributed by atoms with Crippen LogP contribution in [0.3, 0.4) is 0 Å². The number of benzene rings is 1. The van der Waals surface area contributed by atoms with Crippen LogP contribution in [0, 0.1) is 17.8 Å². The number of carbonyl (C=O) groups is 2. The summed E-state index contributed by atoms with van der Waals surface area (Å²) in [6, 6.07) is 10.1. The van der Waals surface area contributed by atoms with E-state index in [4.69, 9.17) is 5.11 Å². The van der Waals surface area contributed by atoms with Crippen LogP contribution in [0.15, 0.2) is 30.3 Å². The fourth-order valence-corrected chi connectivity index (χ4v) is 2.80. The summed E-state index contributed by atoms with van der Waals surface area (Å²) in [6.45, 7) is 0. The number of hydrogen-bond donors (Lipinski definition) is 2. The second-order valence-corrected chi connectivity index (χ2v) is 5.52.